The number of sulfone groups is 1. The van der Waals surface area contributed by atoms with Gasteiger partial charge in [0, 0.05) is 56.6 Å². The molecule has 2 saturated heterocycles. The lowest BCUT2D eigenvalue weighted by Crippen LogP contribution is -2.57. The highest BCUT2D eigenvalue weighted by Gasteiger charge is 2.61. The van der Waals surface area contributed by atoms with Crippen LogP contribution in [0.2, 0.25) is 10.0 Å². The van der Waals surface area contributed by atoms with Gasteiger partial charge < -0.3 is 20.3 Å². The molecule has 45 heavy (non-hydrogen) atoms. The maximum absolute atomic E-state index is 14.4. The molecule has 2 N–H and O–H groups in total. The van der Waals surface area contributed by atoms with Crippen LogP contribution in [-0.2, 0) is 24.8 Å². The molecule has 0 saturated carbocycles. The number of likely N-dealkylation sites (tertiary alicyclic amines) is 1. The van der Waals surface area contributed by atoms with E-state index in [1.807, 2.05) is 42.5 Å². The zero-order valence-electron chi connectivity index (χ0n) is 24.7. The molecule has 3 aromatic rings. The highest BCUT2D eigenvalue weighted by molar-refractivity contribution is 14.1. The Balaban J connectivity index is 1.37. The van der Waals surface area contributed by atoms with Crippen molar-refractivity contribution < 1.29 is 22.7 Å². The summed E-state index contributed by atoms with van der Waals surface area (Å²) in [6.07, 6.45) is 3.46. The number of fused-ring (bicyclic) bond motifs is 2. The molecule has 3 aliphatic rings. The van der Waals surface area contributed by atoms with Crippen LogP contribution in [0.3, 0.4) is 0 Å². The summed E-state index contributed by atoms with van der Waals surface area (Å²) in [6.45, 7) is 2.33. The molecule has 0 aliphatic carbocycles. The lowest BCUT2D eigenvalue weighted by Gasteiger charge is -2.47. The molecule has 8 nitrogen and oxygen atoms in total. The molecule has 3 aromatic carbocycles. The Labute approximate surface area is 287 Å². The fraction of sp³-hybridized carbons (Fsp3) is 0.394. The molecule has 3 atom stereocenters. The average molecular weight is 783 g/mol. The van der Waals surface area contributed by atoms with Gasteiger partial charge in [0.2, 0.25) is 11.8 Å². The van der Waals surface area contributed by atoms with Gasteiger partial charge in [0.25, 0.3) is 0 Å². The normalized spacial score (nSPS) is 23.9. The van der Waals surface area contributed by atoms with Crippen molar-refractivity contribution in [2.24, 2.45) is 0 Å². The number of carbonyl (C=O) groups excluding carboxylic acids is 2. The summed E-state index contributed by atoms with van der Waals surface area (Å²) >= 11 is 15.1. The maximum atomic E-state index is 14.4. The highest BCUT2D eigenvalue weighted by Crippen LogP contribution is 2.58. The van der Waals surface area contributed by atoms with Gasteiger partial charge in [0.15, 0.2) is 0 Å². The fourth-order valence-corrected chi connectivity index (χ4v) is 8.64. The van der Waals surface area contributed by atoms with E-state index in [9.17, 15) is 18.0 Å². The monoisotopic (exact) mass is 781 g/mol. The van der Waals surface area contributed by atoms with E-state index in [0.29, 0.717) is 27.9 Å². The first kappa shape index (κ1) is 32.6. The van der Waals surface area contributed by atoms with Crippen LogP contribution < -0.4 is 15.4 Å². The van der Waals surface area contributed by atoms with Crippen LogP contribution in [0.15, 0.2) is 60.7 Å². The van der Waals surface area contributed by atoms with E-state index in [2.05, 4.69) is 38.1 Å². The van der Waals surface area contributed by atoms with Gasteiger partial charge in [0.05, 0.1) is 11.8 Å². The van der Waals surface area contributed by atoms with Crippen molar-refractivity contribution in [1.29, 1.82) is 0 Å². The molecule has 3 heterocycles. The van der Waals surface area contributed by atoms with Gasteiger partial charge in [-0.05, 0) is 102 Å². The van der Waals surface area contributed by atoms with E-state index < -0.39 is 27.2 Å². The van der Waals surface area contributed by atoms with Crippen LogP contribution >= 0.6 is 45.8 Å². The van der Waals surface area contributed by atoms with Gasteiger partial charge >= 0.3 is 0 Å². The van der Waals surface area contributed by atoms with Crippen molar-refractivity contribution in [1.82, 2.24) is 10.2 Å². The topological polar surface area (TPSA) is 105 Å². The van der Waals surface area contributed by atoms with Gasteiger partial charge in [-0.25, -0.2) is 8.42 Å². The molecule has 12 heteroatoms. The number of anilines is 1. The highest BCUT2D eigenvalue weighted by atomic mass is 127. The first-order chi connectivity index (χ1) is 21.4. The maximum Gasteiger partial charge on any atom is 0.238 e. The zero-order chi connectivity index (χ0) is 31.9. The largest absolute Gasteiger partial charge is 0.490 e. The molecule has 238 valence electrons. The Hall–Kier alpha value is -2.38. The van der Waals surface area contributed by atoms with Crippen molar-refractivity contribution in [2.75, 3.05) is 37.0 Å². The number of benzene rings is 3. The Morgan fingerprint density at radius 1 is 1.02 bits per heavy atom. The predicted molar refractivity (Wildman–Crippen MR) is 185 cm³/mol. The van der Waals surface area contributed by atoms with E-state index >= 15 is 0 Å². The van der Waals surface area contributed by atoms with Crippen LogP contribution in [-0.4, -0.2) is 62.9 Å². The fourth-order valence-electron chi connectivity index (χ4n) is 7.10. The molecule has 0 unspecified atom stereocenters. The standard InChI is InChI=1S/C33H34Cl2IN3O5S/c1-45(42,43)15-3-12-39-13-10-24(11-14-39)44-29-9-7-23(36)18-25(29)31-33(26-8-6-22(35)17-28(26)37-32(33)41)27(19-30(40)38-31)20-4-2-5-21(34)16-20/h2,4-9,16-18,24,27,31H,3,10-15,19H2,1H3,(H,37,41)(H,38,40)/t27-,31+,33-/m0/s1. The number of carbonyl (C=O) groups is 2. The Kier molecular flexibility index (Phi) is 9.42. The van der Waals surface area contributed by atoms with Crippen molar-refractivity contribution >= 4 is 73.1 Å². The third kappa shape index (κ3) is 6.72. The van der Waals surface area contributed by atoms with Gasteiger partial charge in [0.1, 0.15) is 27.1 Å². The molecule has 6 rings (SSSR count). The third-order valence-electron chi connectivity index (χ3n) is 9.10. The number of halogens is 3. The van der Waals surface area contributed by atoms with Gasteiger partial charge in [-0.2, -0.15) is 0 Å². The van der Waals surface area contributed by atoms with E-state index in [1.54, 1.807) is 18.2 Å². The third-order valence-corrected chi connectivity index (χ3v) is 11.3. The summed E-state index contributed by atoms with van der Waals surface area (Å²) in [6, 6.07) is 17.9. The molecule has 2 amide bonds. The number of nitrogens with zero attached hydrogens (tertiary/aromatic N) is 1. The Morgan fingerprint density at radius 2 is 1.78 bits per heavy atom. The summed E-state index contributed by atoms with van der Waals surface area (Å²) in [5, 5.41) is 7.32. The lowest BCUT2D eigenvalue weighted by molar-refractivity contribution is -0.131. The summed E-state index contributed by atoms with van der Waals surface area (Å²) in [5.41, 5.74) is 1.72. The van der Waals surface area contributed by atoms with E-state index in [1.165, 1.54) is 6.26 Å². The minimum Gasteiger partial charge on any atom is -0.490 e. The number of ether oxygens (including phenoxy) is 1. The molecule has 2 fully saturated rings. The minimum atomic E-state index is -2.98. The van der Waals surface area contributed by atoms with Crippen molar-refractivity contribution in [2.45, 2.75) is 49.2 Å². The number of amides is 2. The number of hydrogen-bond donors (Lipinski definition) is 2. The Morgan fingerprint density at radius 3 is 2.51 bits per heavy atom. The molecule has 0 radical (unpaired) electrons. The first-order valence-electron chi connectivity index (χ1n) is 15.0. The molecular formula is C33H34Cl2IN3O5S. The van der Waals surface area contributed by atoms with Crippen LogP contribution in [0, 0.1) is 3.57 Å². The Bertz CT molecular complexity index is 1750. The molecule has 0 bridgehead atoms. The summed E-state index contributed by atoms with van der Waals surface area (Å²) in [5.74, 6) is -0.0977. The second kappa shape index (κ2) is 13.0. The molecular weight excluding hydrogens is 748 g/mol. The van der Waals surface area contributed by atoms with E-state index in [0.717, 1.165) is 52.7 Å². The van der Waals surface area contributed by atoms with E-state index in [-0.39, 0.29) is 30.1 Å². The predicted octanol–water partition coefficient (Wildman–Crippen LogP) is 6.11. The minimum absolute atomic E-state index is 0.0718. The number of rotatable bonds is 8. The summed E-state index contributed by atoms with van der Waals surface area (Å²) in [4.78, 5) is 30.2. The number of hydrogen-bond acceptors (Lipinski definition) is 6. The summed E-state index contributed by atoms with van der Waals surface area (Å²) in [7, 11) is -2.98. The van der Waals surface area contributed by atoms with Gasteiger partial charge in [-0.15, -0.1) is 0 Å². The van der Waals surface area contributed by atoms with Crippen molar-refractivity contribution in [3.8, 4) is 5.75 Å². The number of piperidine rings is 2. The van der Waals surface area contributed by atoms with Crippen molar-refractivity contribution in [3.05, 3.63) is 91.0 Å². The van der Waals surface area contributed by atoms with Gasteiger partial charge in [-0.3, -0.25) is 9.59 Å². The quantitative estimate of drug-likeness (QED) is 0.268. The van der Waals surface area contributed by atoms with Crippen LogP contribution in [0.1, 0.15) is 54.3 Å². The molecule has 3 aliphatic heterocycles. The second-order valence-corrected chi connectivity index (χ2v) is 16.5. The first-order valence-corrected chi connectivity index (χ1v) is 18.9. The summed E-state index contributed by atoms with van der Waals surface area (Å²) < 4.78 is 30.7. The SMILES string of the molecule is CS(=O)(=O)CCCN1CCC(Oc2ccc(I)cc2[C@H]2NC(=O)C[C@@H](c3cccc(Cl)c3)[C@]23C(=O)Nc2cc(Cl)ccc23)CC1. The van der Waals surface area contributed by atoms with Gasteiger partial charge in [-0.1, -0.05) is 41.4 Å². The van der Waals surface area contributed by atoms with Crippen molar-refractivity contribution in [3.63, 3.8) is 0 Å². The lowest BCUT2D eigenvalue weighted by atomic mass is 9.59. The smallest absolute Gasteiger partial charge is 0.238 e. The number of nitrogens with one attached hydrogen (secondary N) is 2. The van der Waals surface area contributed by atoms with Crippen LogP contribution in [0.4, 0.5) is 5.69 Å². The second-order valence-electron chi connectivity index (χ2n) is 12.1. The average Bonchev–Trinajstić information content (AvgIpc) is 3.26. The molecule has 0 aromatic heterocycles. The zero-order valence-corrected chi connectivity index (χ0v) is 29.2. The molecule has 1 spiro atoms. The van der Waals surface area contributed by atoms with E-state index in [4.69, 9.17) is 27.9 Å². The van der Waals surface area contributed by atoms with Crippen LogP contribution in [0.5, 0.6) is 5.75 Å². The van der Waals surface area contributed by atoms with Crippen LogP contribution in [0.25, 0.3) is 0 Å².